The highest BCUT2D eigenvalue weighted by molar-refractivity contribution is 5.93. The Morgan fingerprint density at radius 2 is 1.84 bits per heavy atom. The van der Waals surface area contributed by atoms with Crippen molar-refractivity contribution in [3.63, 3.8) is 0 Å². The van der Waals surface area contributed by atoms with Gasteiger partial charge in [-0.05, 0) is 90.7 Å². The summed E-state index contributed by atoms with van der Waals surface area (Å²) in [6.07, 6.45) is 8.36. The molecule has 0 aliphatic heterocycles. The summed E-state index contributed by atoms with van der Waals surface area (Å²) in [6.45, 7) is 1.98. The molecule has 0 spiro atoms. The van der Waals surface area contributed by atoms with Crippen molar-refractivity contribution in [3.05, 3.63) is 52.6 Å². The lowest BCUT2D eigenvalue weighted by atomic mass is 9.51. The van der Waals surface area contributed by atoms with Crippen LogP contribution in [0.5, 0.6) is 0 Å². The molecule has 4 nitrogen and oxygen atoms in total. The smallest absolute Gasteiger partial charge is 0.161 e. The second kappa shape index (κ2) is 7.98. The Bertz CT molecular complexity index is 1000. The van der Waals surface area contributed by atoms with Crippen LogP contribution in [0.25, 0.3) is 0 Å². The van der Waals surface area contributed by atoms with Gasteiger partial charge in [-0.1, -0.05) is 24.6 Å². The van der Waals surface area contributed by atoms with Crippen molar-refractivity contribution in [2.45, 2.75) is 57.8 Å². The van der Waals surface area contributed by atoms with E-state index in [1.807, 2.05) is 6.08 Å². The summed E-state index contributed by atoms with van der Waals surface area (Å²) in [4.78, 5) is 27.0. The molecule has 0 aromatic heterocycles. The number of aliphatic hydroxyl groups excluding tert-OH is 1. The van der Waals surface area contributed by atoms with Gasteiger partial charge in [0.25, 0.3) is 0 Å². The molecule has 4 heteroatoms. The number of carbonyl (C=O) groups is 2. The molecule has 32 heavy (non-hydrogen) atoms. The number of nitrogens with zero attached hydrogens (tertiary/aromatic N) is 1. The van der Waals surface area contributed by atoms with Gasteiger partial charge < -0.3 is 10.0 Å². The highest BCUT2D eigenvalue weighted by Gasteiger charge is 2.57. The Balaban J connectivity index is 1.64. The first-order valence-corrected chi connectivity index (χ1v) is 12.2. The van der Waals surface area contributed by atoms with Gasteiger partial charge in [-0.25, -0.2) is 0 Å². The third-order valence-electron chi connectivity index (χ3n) is 9.09. The fraction of sp³-hybridized carbons (Fsp3) is 0.571. The normalized spacial score (nSPS) is 33.9. The third-order valence-corrected chi connectivity index (χ3v) is 9.09. The number of fused-ring (bicyclic) bond motifs is 4. The fourth-order valence-corrected chi connectivity index (χ4v) is 7.60. The van der Waals surface area contributed by atoms with Crippen LogP contribution < -0.4 is 4.90 Å². The molecule has 2 fully saturated rings. The van der Waals surface area contributed by atoms with Crippen LogP contribution in [-0.4, -0.2) is 37.4 Å². The lowest BCUT2D eigenvalue weighted by molar-refractivity contribution is -0.130. The molecular weight excluding hydrogens is 398 g/mol. The zero-order valence-corrected chi connectivity index (χ0v) is 19.6. The van der Waals surface area contributed by atoms with Crippen molar-refractivity contribution < 1.29 is 14.7 Å². The van der Waals surface area contributed by atoms with Gasteiger partial charge in [0.2, 0.25) is 0 Å². The number of rotatable bonds is 4. The molecular formula is C28H35NO3. The number of ketones is 2. The monoisotopic (exact) mass is 433 g/mol. The largest absolute Gasteiger partial charge is 0.389 e. The summed E-state index contributed by atoms with van der Waals surface area (Å²) in [6, 6.07) is 8.91. The van der Waals surface area contributed by atoms with Crippen LogP contribution in [0.15, 0.2) is 47.1 Å². The fourth-order valence-electron chi connectivity index (χ4n) is 7.60. The van der Waals surface area contributed by atoms with E-state index in [1.165, 1.54) is 22.4 Å². The van der Waals surface area contributed by atoms with Crippen molar-refractivity contribution in [3.8, 4) is 0 Å². The molecule has 5 atom stereocenters. The quantitative estimate of drug-likeness (QED) is 0.739. The van der Waals surface area contributed by atoms with E-state index >= 15 is 0 Å². The minimum Gasteiger partial charge on any atom is -0.389 e. The summed E-state index contributed by atoms with van der Waals surface area (Å²) in [5.74, 6) is 1.48. The van der Waals surface area contributed by atoms with Crippen molar-refractivity contribution in [2.75, 3.05) is 25.6 Å². The molecule has 0 amide bonds. The lowest BCUT2D eigenvalue weighted by Crippen LogP contribution is -2.45. The molecule has 1 N–H and O–H groups in total. The summed E-state index contributed by atoms with van der Waals surface area (Å²) in [5, 5.41) is 9.67. The highest BCUT2D eigenvalue weighted by atomic mass is 16.3. The Kier molecular flexibility index (Phi) is 5.40. The number of Topliss-reactive ketones (excluding diaryl/α,β-unsaturated/α-hetero) is 1. The number of benzene rings is 1. The maximum absolute atomic E-state index is 12.7. The second-order valence-electron chi connectivity index (χ2n) is 10.8. The number of allylic oxidation sites excluding steroid dienone is 4. The van der Waals surface area contributed by atoms with Crippen LogP contribution in [0.4, 0.5) is 5.69 Å². The number of hydrogen-bond donors (Lipinski definition) is 1. The Hall–Kier alpha value is -2.20. The first kappa shape index (κ1) is 21.6. The van der Waals surface area contributed by atoms with Gasteiger partial charge in [0.1, 0.15) is 6.61 Å². The van der Waals surface area contributed by atoms with Crippen molar-refractivity contribution in [2.24, 2.45) is 23.2 Å². The Morgan fingerprint density at radius 3 is 2.53 bits per heavy atom. The van der Waals surface area contributed by atoms with Gasteiger partial charge in [0, 0.05) is 38.0 Å². The van der Waals surface area contributed by atoms with Gasteiger partial charge in [0.15, 0.2) is 11.6 Å². The van der Waals surface area contributed by atoms with E-state index in [-0.39, 0.29) is 35.4 Å². The molecule has 4 aliphatic carbocycles. The predicted molar refractivity (Wildman–Crippen MR) is 127 cm³/mol. The van der Waals surface area contributed by atoms with E-state index < -0.39 is 0 Å². The average molecular weight is 434 g/mol. The van der Waals surface area contributed by atoms with Crippen LogP contribution in [0.2, 0.25) is 0 Å². The summed E-state index contributed by atoms with van der Waals surface area (Å²) in [7, 11) is 4.12. The summed E-state index contributed by atoms with van der Waals surface area (Å²) < 4.78 is 0. The molecule has 0 bridgehead atoms. The van der Waals surface area contributed by atoms with Crippen LogP contribution in [0.3, 0.4) is 0 Å². The van der Waals surface area contributed by atoms with Crippen molar-refractivity contribution >= 4 is 17.3 Å². The predicted octanol–water partition coefficient (Wildman–Crippen LogP) is 4.83. The maximum atomic E-state index is 12.7. The van der Waals surface area contributed by atoms with Gasteiger partial charge in [0.05, 0.1) is 0 Å². The van der Waals surface area contributed by atoms with E-state index in [2.05, 4.69) is 50.2 Å². The van der Waals surface area contributed by atoms with Crippen molar-refractivity contribution in [1.82, 2.24) is 0 Å². The molecule has 0 heterocycles. The van der Waals surface area contributed by atoms with E-state index in [0.717, 1.165) is 38.5 Å². The molecule has 0 radical (unpaired) electrons. The minimum absolute atomic E-state index is 0.0208. The van der Waals surface area contributed by atoms with Gasteiger partial charge in [-0.2, -0.15) is 0 Å². The number of carbonyl (C=O) groups excluding carboxylic acids is 2. The standard InChI is InChI=1S/C28H35NO3/c1-28-15-23(17-4-7-19(8-5-17)29(2)3)27-21-11-9-20(31)14-18(21)6-10-22(27)24(28)12-13-25(28)26(32)16-30/h4-5,7-8,14,22-25,30H,6,9-13,15-16H2,1-3H3. The molecule has 5 rings (SSSR count). The Labute approximate surface area is 191 Å². The second-order valence-corrected chi connectivity index (χ2v) is 10.8. The first-order chi connectivity index (χ1) is 15.3. The zero-order chi connectivity index (χ0) is 22.6. The first-order valence-electron chi connectivity index (χ1n) is 12.2. The van der Waals surface area contributed by atoms with Gasteiger partial charge in [-0.15, -0.1) is 0 Å². The maximum Gasteiger partial charge on any atom is 0.161 e. The lowest BCUT2D eigenvalue weighted by Gasteiger charge is -2.52. The van der Waals surface area contributed by atoms with Gasteiger partial charge in [-0.3, -0.25) is 9.59 Å². The SMILES string of the molecule is CN(C)c1ccc(C2CC3(C)C(C(=O)CO)CCC3C3CCC4=CC(=O)CCC4=C23)cc1. The zero-order valence-electron chi connectivity index (χ0n) is 19.6. The molecule has 2 saturated carbocycles. The van der Waals surface area contributed by atoms with Crippen LogP contribution >= 0.6 is 0 Å². The molecule has 170 valence electrons. The minimum atomic E-state index is -0.344. The van der Waals surface area contributed by atoms with Crippen LogP contribution in [0, 0.1) is 23.2 Å². The molecule has 1 aromatic carbocycles. The van der Waals surface area contributed by atoms with Crippen LogP contribution in [-0.2, 0) is 9.59 Å². The average Bonchev–Trinajstić information content (AvgIpc) is 3.14. The number of hydrogen-bond acceptors (Lipinski definition) is 4. The van der Waals surface area contributed by atoms with E-state index in [1.54, 1.807) is 5.57 Å². The summed E-state index contributed by atoms with van der Waals surface area (Å²) >= 11 is 0. The molecule has 4 aliphatic rings. The molecule has 5 unspecified atom stereocenters. The van der Waals surface area contributed by atoms with E-state index in [4.69, 9.17) is 0 Å². The topological polar surface area (TPSA) is 57.6 Å². The van der Waals surface area contributed by atoms with E-state index in [9.17, 15) is 14.7 Å². The number of aliphatic hydroxyl groups is 1. The number of anilines is 1. The molecule has 1 aromatic rings. The summed E-state index contributed by atoms with van der Waals surface area (Å²) in [5.41, 5.74) is 6.71. The van der Waals surface area contributed by atoms with Crippen LogP contribution in [0.1, 0.15) is 63.4 Å². The third kappa shape index (κ3) is 3.30. The Morgan fingerprint density at radius 1 is 1.09 bits per heavy atom. The van der Waals surface area contributed by atoms with Gasteiger partial charge >= 0.3 is 0 Å². The highest BCUT2D eigenvalue weighted by Crippen LogP contribution is 2.65. The molecule has 0 saturated heterocycles. The van der Waals surface area contributed by atoms with Crippen molar-refractivity contribution in [1.29, 1.82) is 0 Å². The van der Waals surface area contributed by atoms with E-state index in [0.29, 0.717) is 18.3 Å².